The second-order valence-corrected chi connectivity index (χ2v) is 5.54. The van der Waals surface area contributed by atoms with E-state index >= 15 is 0 Å². The first-order chi connectivity index (χ1) is 9.58. The van der Waals surface area contributed by atoms with Crippen molar-refractivity contribution < 1.29 is 19.4 Å². The summed E-state index contributed by atoms with van der Waals surface area (Å²) in [6.07, 6.45) is 0.774. The maximum Gasteiger partial charge on any atom is 0.335 e. The van der Waals surface area contributed by atoms with Crippen molar-refractivity contribution in [2.75, 3.05) is 6.61 Å². The van der Waals surface area contributed by atoms with Gasteiger partial charge in [0.15, 0.2) is 6.10 Å². The largest absolute Gasteiger partial charge is 0.479 e. The Balaban J connectivity index is 2.02. The topological polar surface area (TPSA) is 66.8 Å². The number of carboxylic acid groups (broad SMARTS) is 1. The van der Waals surface area contributed by atoms with Gasteiger partial charge in [0.05, 0.1) is 6.04 Å². The van der Waals surface area contributed by atoms with Crippen molar-refractivity contribution in [3.8, 4) is 0 Å². The van der Waals surface area contributed by atoms with E-state index in [4.69, 9.17) is 16.3 Å². The van der Waals surface area contributed by atoms with Crippen molar-refractivity contribution in [3.05, 3.63) is 34.9 Å². The van der Waals surface area contributed by atoms with Crippen molar-refractivity contribution >= 4 is 23.5 Å². The van der Waals surface area contributed by atoms with Crippen LogP contribution in [0.2, 0.25) is 5.02 Å². The van der Waals surface area contributed by atoms with Gasteiger partial charge in [-0.05, 0) is 30.5 Å². The maximum absolute atomic E-state index is 12.1. The van der Waals surface area contributed by atoms with E-state index in [-0.39, 0.29) is 18.6 Å². The molecule has 1 amide bonds. The lowest BCUT2D eigenvalue weighted by Gasteiger charge is -2.39. The molecule has 20 heavy (non-hydrogen) atoms. The Hall–Kier alpha value is -1.59. The summed E-state index contributed by atoms with van der Waals surface area (Å²) in [5.41, 5.74) is 0.699. The molecule has 3 rings (SSSR count). The van der Waals surface area contributed by atoms with Gasteiger partial charge in [-0.25, -0.2) is 4.79 Å². The number of ether oxygens (including phenoxy) is 1. The first-order valence-electron chi connectivity index (χ1n) is 6.49. The standard InChI is InChI=1S/C14H14ClNO4/c15-9-3-1-2-8(6-9)12-13(14(18)19)20-7-11(17)16(12)10-4-5-10/h1-3,6,10,12-13H,4-5,7H2,(H,18,19). The first kappa shape index (κ1) is 13.4. The highest BCUT2D eigenvalue weighted by molar-refractivity contribution is 6.30. The molecule has 0 spiro atoms. The molecule has 0 bridgehead atoms. The van der Waals surface area contributed by atoms with Crippen molar-refractivity contribution in [3.63, 3.8) is 0 Å². The number of halogens is 1. The summed E-state index contributed by atoms with van der Waals surface area (Å²) >= 11 is 5.98. The van der Waals surface area contributed by atoms with Crippen LogP contribution in [0, 0.1) is 0 Å². The molecule has 1 saturated heterocycles. The van der Waals surface area contributed by atoms with Gasteiger partial charge in [0, 0.05) is 11.1 Å². The summed E-state index contributed by atoms with van der Waals surface area (Å²) in [6, 6.07) is 6.45. The summed E-state index contributed by atoms with van der Waals surface area (Å²) in [5, 5.41) is 9.86. The van der Waals surface area contributed by atoms with Crippen LogP contribution < -0.4 is 0 Å². The molecule has 0 aromatic heterocycles. The predicted molar refractivity (Wildman–Crippen MR) is 71.4 cm³/mol. The highest BCUT2D eigenvalue weighted by Gasteiger charge is 2.47. The summed E-state index contributed by atoms with van der Waals surface area (Å²) in [4.78, 5) is 25.2. The molecule has 1 N–H and O–H groups in total. The fourth-order valence-electron chi connectivity index (χ4n) is 2.64. The van der Waals surface area contributed by atoms with E-state index < -0.39 is 18.1 Å². The molecule has 2 atom stereocenters. The third-order valence-corrected chi connectivity index (χ3v) is 3.87. The highest BCUT2D eigenvalue weighted by Crippen LogP contribution is 2.39. The zero-order chi connectivity index (χ0) is 14.3. The number of hydrogen-bond donors (Lipinski definition) is 1. The van der Waals surface area contributed by atoms with E-state index in [2.05, 4.69) is 0 Å². The Kier molecular flexibility index (Phi) is 3.40. The Bertz CT molecular complexity index is 558. The van der Waals surface area contributed by atoms with Crippen molar-refractivity contribution in [1.82, 2.24) is 4.90 Å². The minimum atomic E-state index is -1.06. The van der Waals surface area contributed by atoms with Crippen LogP contribution in [-0.4, -0.2) is 40.6 Å². The lowest BCUT2D eigenvalue weighted by molar-refractivity contribution is -0.174. The van der Waals surface area contributed by atoms with Gasteiger partial charge in [0.25, 0.3) is 0 Å². The van der Waals surface area contributed by atoms with E-state index in [1.54, 1.807) is 29.2 Å². The number of nitrogens with zero attached hydrogens (tertiary/aromatic N) is 1. The molecule has 1 aromatic rings. The van der Waals surface area contributed by atoms with E-state index in [1.807, 2.05) is 0 Å². The van der Waals surface area contributed by atoms with Gasteiger partial charge < -0.3 is 14.7 Å². The lowest BCUT2D eigenvalue weighted by Crippen LogP contribution is -2.52. The second-order valence-electron chi connectivity index (χ2n) is 5.10. The van der Waals surface area contributed by atoms with E-state index in [9.17, 15) is 14.7 Å². The number of carboxylic acids is 1. The van der Waals surface area contributed by atoms with Crippen molar-refractivity contribution in [2.24, 2.45) is 0 Å². The number of benzene rings is 1. The van der Waals surface area contributed by atoms with Crippen LogP contribution in [0.15, 0.2) is 24.3 Å². The summed E-state index contributed by atoms with van der Waals surface area (Å²) in [5.74, 6) is -1.22. The number of morpholine rings is 1. The molecule has 2 fully saturated rings. The van der Waals surface area contributed by atoms with E-state index in [0.29, 0.717) is 10.6 Å². The summed E-state index contributed by atoms with van der Waals surface area (Å²) in [7, 11) is 0. The first-order valence-corrected chi connectivity index (χ1v) is 6.87. The van der Waals surface area contributed by atoms with Crippen LogP contribution in [-0.2, 0) is 14.3 Å². The number of hydrogen-bond acceptors (Lipinski definition) is 3. The third kappa shape index (κ3) is 2.39. The summed E-state index contributed by atoms with van der Waals surface area (Å²) in [6.45, 7) is -0.176. The number of aliphatic carboxylic acids is 1. The fraction of sp³-hybridized carbons (Fsp3) is 0.429. The predicted octanol–water partition coefficient (Wildman–Crippen LogP) is 1.86. The molecule has 1 aliphatic heterocycles. The number of rotatable bonds is 3. The molecule has 2 aliphatic rings. The molecule has 1 aliphatic carbocycles. The van der Waals surface area contributed by atoms with Crippen LogP contribution in [0.3, 0.4) is 0 Å². The molecule has 1 aromatic carbocycles. The zero-order valence-corrected chi connectivity index (χ0v) is 11.4. The number of carbonyl (C=O) groups excluding carboxylic acids is 1. The van der Waals surface area contributed by atoms with Crippen LogP contribution in [0.1, 0.15) is 24.4 Å². The van der Waals surface area contributed by atoms with Gasteiger partial charge in [-0.15, -0.1) is 0 Å². The molecule has 0 radical (unpaired) electrons. The van der Waals surface area contributed by atoms with Gasteiger partial charge >= 0.3 is 5.97 Å². The second kappa shape index (κ2) is 5.07. The minimum absolute atomic E-state index is 0.122. The molecule has 2 unspecified atom stereocenters. The molecule has 6 heteroatoms. The molecule has 5 nitrogen and oxygen atoms in total. The van der Waals surface area contributed by atoms with Gasteiger partial charge in [-0.2, -0.15) is 0 Å². The van der Waals surface area contributed by atoms with Gasteiger partial charge in [0.2, 0.25) is 5.91 Å². The molecule has 1 heterocycles. The van der Waals surface area contributed by atoms with Crippen molar-refractivity contribution in [1.29, 1.82) is 0 Å². The third-order valence-electron chi connectivity index (χ3n) is 3.63. The van der Waals surface area contributed by atoms with Gasteiger partial charge in [0.1, 0.15) is 6.61 Å². The average Bonchev–Trinajstić information content (AvgIpc) is 3.22. The van der Waals surface area contributed by atoms with Crippen LogP contribution in [0.4, 0.5) is 0 Å². The monoisotopic (exact) mass is 295 g/mol. The van der Waals surface area contributed by atoms with Gasteiger partial charge in [-0.1, -0.05) is 23.7 Å². The maximum atomic E-state index is 12.1. The Morgan fingerprint density at radius 2 is 2.15 bits per heavy atom. The fourth-order valence-corrected chi connectivity index (χ4v) is 2.84. The Labute approximate surface area is 121 Å². The van der Waals surface area contributed by atoms with Gasteiger partial charge in [-0.3, -0.25) is 4.79 Å². The van der Waals surface area contributed by atoms with Crippen LogP contribution in [0.25, 0.3) is 0 Å². The quantitative estimate of drug-likeness (QED) is 0.924. The Morgan fingerprint density at radius 3 is 2.75 bits per heavy atom. The lowest BCUT2D eigenvalue weighted by atomic mass is 9.97. The van der Waals surface area contributed by atoms with Crippen molar-refractivity contribution in [2.45, 2.75) is 31.0 Å². The minimum Gasteiger partial charge on any atom is -0.479 e. The molecule has 1 saturated carbocycles. The zero-order valence-electron chi connectivity index (χ0n) is 10.7. The smallest absolute Gasteiger partial charge is 0.335 e. The number of amides is 1. The highest BCUT2D eigenvalue weighted by atomic mass is 35.5. The average molecular weight is 296 g/mol. The SMILES string of the molecule is O=C(O)C1OCC(=O)N(C2CC2)C1c1cccc(Cl)c1. The van der Waals surface area contributed by atoms with E-state index in [1.165, 1.54) is 0 Å². The molecular weight excluding hydrogens is 282 g/mol. The van der Waals surface area contributed by atoms with Crippen LogP contribution >= 0.6 is 11.6 Å². The molecular formula is C14H14ClNO4. The molecule has 106 valence electrons. The normalized spacial score (nSPS) is 26.6. The summed E-state index contributed by atoms with van der Waals surface area (Å²) < 4.78 is 5.23. The van der Waals surface area contributed by atoms with E-state index in [0.717, 1.165) is 12.8 Å². The Morgan fingerprint density at radius 1 is 1.40 bits per heavy atom. The number of carbonyl (C=O) groups is 2. The van der Waals surface area contributed by atoms with Crippen LogP contribution in [0.5, 0.6) is 0 Å².